The molecule has 0 aromatic heterocycles. The zero-order valence-corrected chi connectivity index (χ0v) is 12.9. The van der Waals surface area contributed by atoms with E-state index in [0.717, 1.165) is 12.8 Å². The lowest BCUT2D eigenvalue weighted by atomic mass is 9.90. The molecule has 0 radical (unpaired) electrons. The monoisotopic (exact) mass is 309 g/mol. The van der Waals surface area contributed by atoms with Crippen LogP contribution in [-0.4, -0.2) is 18.3 Å². The number of primary amides is 1. The minimum atomic E-state index is -0.485. The van der Waals surface area contributed by atoms with E-state index in [0.29, 0.717) is 16.9 Å². The van der Waals surface area contributed by atoms with Gasteiger partial charge < -0.3 is 10.5 Å². The summed E-state index contributed by atoms with van der Waals surface area (Å²) in [5, 5.41) is 0. The predicted molar refractivity (Wildman–Crippen MR) is 87.9 cm³/mol. The first kappa shape index (κ1) is 15.3. The van der Waals surface area contributed by atoms with Gasteiger partial charge >= 0.3 is 0 Å². The van der Waals surface area contributed by atoms with Crippen molar-refractivity contribution in [1.29, 1.82) is 0 Å². The van der Waals surface area contributed by atoms with Crippen molar-refractivity contribution in [3.63, 3.8) is 0 Å². The van der Waals surface area contributed by atoms with Gasteiger partial charge in [0.1, 0.15) is 5.75 Å². The van der Waals surface area contributed by atoms with Crippen LogP contribution in [0.1, 0.15) is 44.7 Å². The summed E-state index contributed by atoms with van der Waals surface area (Å²) in [7, 11) is 0. The molecule has 0 unspecified atom stereocenters. The summed E-state index contributed by atoms with van der Waals surface area (Å²) in [5.74, 6) is 0.0142. The number of hydrogen-bond acceptors (Lipinski definition) is 3. The molecule has 0 aliphatic heterocycles. The summed E-state index contributed by atoms with van der Waals surface area (Å²) in [5.41, 5.74) is 8.94. The SMILES string of the molecule is NC(=O)c1ccc(OCC(=O)c2ccc3c(c2)CCCC3)cc1. The van der Waals surface area contributed by atoms with E-state index in [1.807, 2.05) is 12.1 Å². The van der Waals surface area contributed by atoms with Crippen molar-refractivity contribution in [2.45, 2.75) is 25.7 Å². The lowest BCUT2D eigenvalue weighted by Gasteiger charge is -2.16. The van der Waals surface area contributed by atoms with Gasteiger partial charge in [0.25, 0.3) is 0 Å². The maximum absolute atomic E-state index is 12.3. The molecule has 0 spiro atoms. The molecular weight excluding hydrogens is 290 g/mol. The van der Waals surface area contributed by atoms with E-state index in [1.165, 1.54) is 24.0 Å². The first-order chi connectivity index (χ1) is 11.1. The highest BCUT2D eigenvalue weighted by molar-refractivity contribution is 5.97. The zero-order valence-electron chi connectivity index (χ0n) is 12.9. The molecule has 4 nitrogen and oxygen atoms in total. The summed E-state index contributed by atoms with van der Waals surface area (Å²) < 4.78 is 5.50. The van der Waals surface area contributed by atoms with Gasteiger partial charge in [-0.1, -0.05) is 12.1 Å². The zero-order chi connectivity index (χ0) is 16.2. The molecule has 118 valence electrons. The Morgan fingerprint density at radius 1 is 0.913 bits per heavy atom. The van der Waals surface area contributed by atoms with Crippen LogP contribution in [0.5, 0.6) is 5.75 Å². The number of carbonyl (C=O) groups excluding carboxylic acids is 2. The third-order valence-electron chi connectivity index (χ3n) is 4.18. The molecule has 1 aliphatic carbocycles. The second-order valence-corrected chi connectivity index (χ2v) is 5.79. The van der Waals surface area contributed by atoms with Gasteiger partial charge in [-0.15, -0.1) is 0 Å². The first-order valence-electron chi connectivity index (χ1n) is 7.81. The van der Waals surface area contributed by atoms with Crippen molar-refractivity contribution >= 4 is 11.7 Å². The predicted octanol–water partition coefficient (Wildman–Crippen LogP) is 2.93. The van der Waals surface area contributed by atoms with Crippen LogP contribution in [0, 0.1) is 0 Å². The molecule has 2 aromatic carbocycles. The van der Waals surface area contributed by atoms with Gasteiger partial charge in [-0.3, -0.25) is 9.59 Å². The molecular formula is C19H19NO3. The van der Waals surface area contributed by atoms with Crippen LogP contribution in [-0.2, 0) is 12.8 Å². The average molecular weight is 309 g/mol. The molecule has 4 heteroatoms. The lowest BCUT2D eigenvalue weighted by molar-refractivity contribution is 0.0920. The Bertz CT molecular complexity index is 735. The second kappa shape index (κ2) is 6.65. The number of nitrogens with two attached hydrogens (primary N) is 1. The third-order valence-corrected chi connectivity index (χ3v) is 4.18. The molecule has 2 N–H and O–H groups in total. The van der Waals surface area contributed by atoms with Crippen molar-refractivity contribution in [2.24, 2.45) is 5.73 Å². The van der Waals surface area contributed by atoms with Crippen LogP contribution >= 0.6 is 0 Å². The number of ether oxygens (including phenoxy) is 1. The first-order valence-corrected chi connectivity index (χ1v) is 7.81. The van der Waals surface area contributed by atoms with Gasteiger partial charge in [-0.05, 0) is 67.1 Å². The molecule has 1 aliphatic rings. The molecule has 0 heterocycles. The minimum Gasteiger partial charge on any atom is -0.485 e. The van der Waals surface area contributed by atoms with E-state index in [4.69, 9.17) is 10.5 Å². The highest BCUT2D eigenvalue weighted by atomic mass is 16.5. The summed E-state index contributed by atoms with van der Waals surface area (Å²) in [6, 6.07) is 12.4. The molecule has 0 atom stereocenters. The summed E-state index contributed by atoms with van der Waals surface area (Å²) >= 11 is 0. The highest BCUT2D eigenvalue weighted by Crippen LogP contribution is 2.22. The summed E-state index contributed by atoms with van der Waals surface area (Å²) in [6.07, 6.45) is 4.57. The number of Topliss-reactive ketones (excluding diaryl/α,β-unsaturated/α-hetero) is 1. The average Bonchev–Trinajstić information content (AvgIpc) is 2.59. The molecule has 3 rings (SSSR count). The van der Waals surface area contributed by atoms with Crippen LogP contribution in [0.15, 0.2) is 42.5 Å². The Kier molecular flexibility index (Phi) is 4.42. The van der Waals surface area contributed by atoms with Crippen molar-refractivity contribution in [1.82, 2.24) is 0 Å². The maximum atomic E-state index is 12.3. The van der Waals surface area contributed by atoms with Gasteiger partial charge in [0.2, 0.25) is 5.91 Å². The fraction of sp³-hybridized carbons (Fsp3) is 0.263. The summed E-state index contributed by atoms with van der Waals surface area (Å²) in [6.45, 7) is -0.0191. The van der Waals surface area contributed by atoms with Gasteiger partial charge in [0, 0.05) is 11.1 Å². The quantitative estimate of drug-likeness (QED) is 0.863. The number of benzene rings is 2. The van der Waals surface area contributed by atoms with E-state index in [1.54, 1.807) is 24.3 Å². The normalized spacial score (nSPS) is 13.2. The van der Waals surface area contributed by atoms with Gasteiger partial charge in [0.15, 0.2) is 12.4 Å². The van der Waals surface area contributed by atoms with Crippen LogP contribution < -0.4 is 10.5 Å². The number of amides is 1. The topological polar surface area (TPSA) is 69.4 Å². The second-order valence-electron chi connectivity index (χ2n) is 5.79. The van der Waals surface area contributed by atoms with Crippen LogP contribution in [0.3, 0.4) is 0 Å². The molecule has 0 saturated heterocycles. The number of rotatable bonds is 5. The van der Waals surface area contributed by atoms with Crippen molar-refractivity contribution in [3.8, 4) is 5.75 Å². The molecule has 2 aromatic rings. The van der Waals surface area contributed by atoms with E-state index in [9.17, 15) is 9.59 Å². The van der Waals surface area contributed by atoms with Crippen molar-refractivity contribution in [2.75, 3.05) is 6.61 Å². The fourth-order valence-electron chi connectivity index (χ4n) is 2.85. The van der Waals surface area contributed by atoms with Crippen molar-refractivity contribution < 1.29 is 14.3 Å². The Morgan fingerprint density at radius 2 is 1.57 bits per heavy atom. The van der Waals surface area contributed by atoms with E-state index < -0.39 is 5.91 Å². The molecule has 23 heavy (non-hydrogen) atoms. The smallest absolute Gasteiger partial charge is 0.248 e. The minimum absolute atomic E-state index is 0.0191. The number of fused-ring (bicyclic) bond motifs is 1. The van der Waals surface area contributed by atoms with Crippen LogP contribution in [0.4, 0.5) is 0 Å². The van der Waals surface area contributed by atoms with E-state index in [-0.39, 0.29) is 12.4 Å². The van der Waals surface area contributed by atoms with Gasteiger partial charge in [-0.2, -0.15) is 0 Å². The standard InChI is InChI=1S/C19H19NO3/c20-19(22)14-7-9-17(10-8-14)23-12-18(21)16-6-5-13-3-1-2-4-15(13)11-16/h5-11H,1-4,12H2,(H2,20,22). The lowest BCUT2D eigenvalue weighted by Crippen LogP contribution is -2.14. The fourth-order valence-corrected chi connectivity index (χ4v) is 2.85. The Balaban J connectivity index is 1.64. The number of carbonyl (C=O) groups is 2. The van der Waals surface area contributed by atoms with Crippen molar-refractivity contribution in [3.05, 3.63) is 64.7 Å². The molecule has 0 fully saturated rings. The molecule has 1 amide bonds. The molecule has 0 saturated carbocycles. The number of aryl methyl sites for hydroxylation is 2. The Morgan fingerprint density at radius 3 is 2.26 bits per heavy atom. The Hall–Kier alpha value is -2.62. The van der Waals surface area contributed by atoms with Crippen LogP contribution in [0.25, 0.3) is 0 Å². The molecule has 0 bridgehead atoms. The van der Waals surface area contributed by atoms with Gasteiger partial charge in [-0.25, -0.2) is 0 Å². The van der Waals surface area contributed by atoms with E-state index >= 15 is 0 Å². The maximum Gasteiger partial charge on any atom is 0.248 e. The Labute approximate surface area is 135 Å². The van der Waals surface area contributed by atoms with Gasteiger partial charge in [0.05, 0.1) is 0 Å². The number of hydrogen-bond donors (Lipinski definition) is 1. The largest absolute Gasteiger partial charge is 0.485 e. The highest BCUT2D eigenvalue weighted by Gasteiger charge is 2.13. The summed E-state index contributed by atoms with van der Waals surface area (Å²) in [4.78, 5) is 23.3. The number of ketones is 1. The third kappa shape index (κ3) is 3.59. The van der Waals surface area contributed by atoms with E-state index in [2.05, 4.69) is 6.07 Å². The van der Waals surface area contributed by atoms with Crippen LogP contribution in [0.2, 0.25) is 0 Å².